The lowest BCUT2D eigenvalue weighted by molar-refractivity contribution is 1.37. The fourth-order valence-electron chi connectivity index (χ4n) is 0.785. The molecule has 0 bridgehead atoms. The van der Waals surface area contributed by atoms with Crippen LogP contribution in [0.3, 0.4) is 0 Å². The molecule has 3 nitrogen and oxygen atoms in total. The molecular weight excluding hydrogens is 298 g/mol. The van der Waals surface area contributed by atoms with E-state index in [2.05, 4.69) is 42.2 Å². The molecule has 0 aliphatic heterocycles. The molecule has 1 aromatic carbocycles. The number of halogens is 2. The Kier molecular flexibility index (Phi) is 3.74. The van der Waals surface area contributed by atoms with Crippen molar-refractivity contribution in [3.8, 4) is 0 Å². The van der Waals surface area contributed by atoms with Crippen molar-refractivity contribution in [2.45, 2.75) is 0 Å². The summed E-state index contributed by atoms with van der Waals surface area (Å²) >= 11 is 6.76. The number of anilines is 1. The smallest absolute Gasteiger partial charge is 0.192 e. The first-order valence-electron chi connectivity index (χ1n) is 3.58. The number of benzene rings is 1. The number of hydrogen-bond donors (Lipinski definition) is 2. The molecule has 0 aliphatic carbocycles. The number of nitrogens with zero attached hydrogens (tertiary/aromatic N) is 1. The van der Waals surface area contributed by atoms with Gasteiger partial charge in [-0.3, -0.25) is 4.99 Å². The van der Waals surface area contributed by atoms with E-state index in [1.54, 1.807) is 7.05 Å². The van der Waals surface area contributed by atoms with Gasteiger partial charge in [0, 0.05) is 16.0 Å². The normalized spacial score (nSPS) is 11.5. The van der Waals surface area contributed by atoms with Crippen molar-refractivity contribution in [2.24, 2.45) is 10.7 Å². The van der Waals surface area contributed by atoms with Gasteiger partial charge in [-0.25, -0.2) is 0 Å². The maximum absolute atomic E-state index is 5.52. The van der Waals surface area contributed by atoms with Crippen LogP contribution >= 0.6 is 31.9 Å². The highest BCUT2D eigenvalue weighted by molar-refractivity contribution is 9.11. The van der Waals surface area contributed by atoms with Gasteiger partial charge in [0.2, 0.25) is 0 Å². The van der Waals surface area contributed by atoms with Gasteiger partial charge in [0.25, 0.3) is 0 Å². The number of rotatable bonds is 1. The largest absolute Gasteiger partial charge is 0.370 e. The molecule has 0 aromatic heterocycles. The number of aliphatic imine (C=N–C) groups is 1. The van der Waals surface area contributed by atoms with E-state index in [1.807, 2.05) is 18.2 Å². The predicted molar refractivity (Wildman–Crippen MR) is 63.0 cm³/mol. The number of nitrogens with one attached hydrogen (secondary N) is 1. The Morgan fingerprint density at radius 2 is 2.15 bits per heavy atom. The van der Waals surface area contributed by atoms with Crippen LogP contribution in [0.1, 0.15) is 0 Å². The quantitative estimate of drug-likeness (QED) is 0.619. The molecule has 0 heterocycles. The fraction of sp³-hybridized carbons (Fsp3) is 0.125. The van der Waals surface area contributed by atoms with Gasteiger partial charge in [0.05, 0.1) is 5.69 Å². The molecule has 0 atom stereocenters. The zero-order chi connectivity index (χ0) is 9.84. The van der Waals surface area contributed by atoms with E-state index in [4.69, 9.17) is 5.73 Å². The van der Waals surface area contributed by atoms with Crippen molar-refractivity contribution < 1.29 is 0 Å². The van der Waals surface area contributed by atoms with Gasteiger partial charge >= 0.3 is 0 Å². The van der Waals surface area contributed by atoms with Crippen LogP contribution in [0.4, 0.5) is 5.69 Å². The van der Waals surface area contributed by atoms with Gasteiger partial charge < -0.3 is 11.1 Å². The van der Waals surface area contributed by atoms with Crippen LogP contribution in [0.2, 0.25) is 0 Å². The highest BCUT2D eigenvalue weighted by Crippen LogP contribution is 2.25. The van der Waals surface area contributed by atoms with E-state index in [0.717, 1.165) is 14.6 Å². The predicted octanol–water partition coefficient (Wildman–Crippen LogP) is 2.57. The summed E-state index contributed by atoms with van der Waals surface area (Å²) in [6, 6.07) is 5.77. The van der Waals surface area contributed by atoms with Crippen LogP contribution in [-0.2, 0) is 0 Å². The molecule has 5 heteroatoms. The summed E-state index contributed by atoms with van der Waals surface area (Å²) in [5, 5.41) is 2.95. The first kappa shape index (κ1) is 10.5. The van der Waals surface area contributed by atoms with E-state index in [0.29, 0.717) is 5.96 Å². The number of guanidine groups is 1. The first-order chi connectivity index (χ1) is 6.13. The highest BCUT2D eigenvalue weighted by Gasteiger charge is 2.00. The molecule has 0 saturated carbocycles. The number of nitrogens with two attached hydrogens (primary N) is 1. The molecule has 0 fully saturated rings. The molecular formula is C8H9Br2N3. The van der Waals surface area contributed by atoms with Crippen molar-refractivity contribution in [3.63, 3.8) is 0 Å². The van der Waals surface area contributed by atoms with Crippen LogP contribution in [0.5, 0.6) is 0 Å². The van der Waals surface area contributed by atoms with Crippen molar-refractivity contribution in [2.75, 3.05) is 12.4 Å². The third kappa shape index (κ3) is 3.00. The fourth-order valence-corrected chi connectivity index (χ4v) is 1.93. The molecule has 0 amide bonds. The van der Waals surface area contributed by atoms with E-state index in [-0.39, 0.29) is 0 Å². The minimum absolute atomic E-state index is 0.392. The second-order valence-corrected chi connectivity index (χ2v) is 4.13. The second-order valence-electron chi connectivity index (χ2n) is 2.36. The van der Waals surface area contributed by atoms with E-state index >= 15 is 0 Å². The first-order valence-corrected chi connectivity index (χ1v) is 5.16. The van der Waals surface area contributed by atoms with Crippen molar-refractivity contribution >= 4 is 43.5 Å². The molecule has 0 aliphatic rings. The summed E-state index contributed by atoms with van der Waals surface area (Å²) in [4.78, 5) is 3.80. The summed E-state index contributed by atoms with van der Waals surface area (Å²) in [6.07, 6.45) is 0. The SMILES string of the molecule is CN=C(N)Nc1ccc(Br)cc1Br. The third-order valence-electron chi connectivity index (χ3n) is 1.43. The molecule has 0 saturated heterocycles. The second kappa shape index (κ2) is 4.62. The van der Waals surface area contributed by atoms with Crippen molar-refractivity contribution in [1.29, 1.82) is 0 Å². The third-order valence-corrected chi connectivity index (χ3v) is 2.58. The van der Waals surface area contributed by atoms with Gasteiger partial charge in [0.15, 0.2) is 5.96 Å². The Hall–Kier alpha value is -0.550. The average Bonchev–Trinajstić information content (AvgIpc) is 2.09. The minimum Gasteiger partial charge on any atom is -0.370 e. The van der Waals surface area contributed by atoms with E-state index in [1.165, 1.54) is 0 Å². The van der Waals surface area contributed by atoms with Gasteiger partial charge in [-0.05, 0) is 34.1 Å². The summed E-state index contributed by atoms with van der Waals surface area (Å²) in [7, 11) is 1.63. The summed E-state index contributed by atoms with van der Waals surface area (Å²) in [6.45, 7) is 0. The standard InChI is InChI=1S/C8H9Br2N3/c1-12-8(11)13-7-3-2-5(9)4-6(7)10/h2-4H,1H3,(H3,11,12,13). The molecule has 70 valence electrons. The Morgan fingerprint density at radius 3 is 2.69 bits per heavy atom. The van der Waals surface area contributed by atoms with Crippen molar-refractivity contribution in [1.82, 2.24) is 0 Å². The van der Waals surface area contributed by atoms with Gasteiger partial charge in [-0.15, -0.1) is 0 Å². The summed E-state index contributed by atoms with van der Waals surface area (Å²) < 4.78 is 1.95. The molecule has 0 unspecified atom stereocenters. The molecule has 1 rings (SSSR count). The highest BCUT2D eigenvalue weighted by atomic mass is 79.9. The van der Waals surface area contributed by atoms with Crippen LogP contribution in [0.15, 0.2) is 32.1 Å². The van der Waals surface area contributed by atoms with Gasteiger partial charge in [0.1, 0.15) is 0 Å². The Labute approximate surface area is 93.7 Å². The van der Waals surface area contributed by atoms with Gasteiger partial charge in [-0.2, -0.15) is 0 Å². The lowest BCUT2D eigenvalue weighted by Crippen LogP contribution is -2.22. The molecule has 3 N–H and O–H groups in total. The van der Waals surface area contributed by atoms with Crippen molar-refractivity contribution in [3.05, 3.63) is 27.1 Å². The summed E-state index contributed by atoms with van der Waals surface area (Å²) in [5.74, 6) is 0.392. The van der Waals surface area contributed by atoms with Crippen LogP contribution in [-0.4, -0.2) is 13.0 Å². The van der Waals surface area contributed by atoms with E-state index in [9.17, 15) is 0 Å². The molecule has 1 aromatic rings. The monoisotopic (exact) mass is 305 g/mol. The topological polar surface area (TPSA) is 50.4 Å². The van der Waals surface area contributed by atoms with Crippen LogP contribution in [0.25, 0.3) is 0 Å². The Balaban J connectivity index is 2.90. The lowest BCUT2D eigenvalue weighted by Gasteiger charge is -2.06. The van der Waals surface area contributed by atoms with Crippen LogP contribution in [0, 0.1) is 0 Å². The molecule has 0 radical (unpaired) electrons. The number of hydrogen-bond acceptors (Lipinski definition) is 1. The van der Waals surface area contributed by atoms with Crippen LogP contribution < -0.4 is 11.1 Å². The lowest BCUT2D eigenvalue weighted by atomic mass is 10.3. The average molecular weight is 307 g/mol. The zero-order valence-corrected chi connectivity index (χ0v) is 10.2. The maximum Gasteiger partial charge on any atom is 0.192 e. The van der Waals surface area contributed by atoms with E-state index < -0.39 is 0 Å². The van der Waals surface area contributed by atoms with Gasteiger partial charge in [-0.1, -0.05) is 15.9 Å². The summed E-state index contributed by atoms with van der Waals surface area (Å²) in [5.41, 5.74) is 6.41. The zero-order valence-electron chi connectivity index (χ0n) is 7.01. The molecule has 0 spiro atoms. The minimum atomic E-state index is 0.392. The maximum atomic E-state index is 5.52. The Bertz CT molecular complexity index is 336. The Morgan fingerprint density at radius 1 is 1.46 bits per heavy atom. The molecule has 13 heavy (non-hydrogen) atoms.